The predicted octanol–water partition coefficient (Wildman–Crippen LogP) is 4.28. The molecule has 0 atom stereocenters. The molecule has 0 aromatic heterocycles. The van der Waals surface area contributed by atoms with Crippen LogP contribution in [0.4, 0.5) is 0 Å². The van der Waals surface area contributed by atoms with Gasteiger partial charge in [-0.25, -0.2) is 0 Å². The van der Waals surface area contributed by atoms with E-state index in [1.165, 1.54) is 42.9 Å². The Morgan fingerprint density at radius 3 is 2.75 bits per heavy atom. The number of benzene rings is 2. The summed E-state index contributed by atoms with van der Waals surface area (Å²) in [6, 6.07) is 11.3. The largest absolute Gasteiger partial charge is 0.0616 e. The van der Waals surface area contributed by atoms with Crippen LogP contribution in [0.1, 0.15) is 36.5 Å². The van der Waals surface area contributed by atoms with Gasteiger partial charge < -0.3 is 0 Å². The third-order valence-electron chi connectivity index (χ3n) is 3.84. The molecule has 1 aliphatic rings. The van der Waals surface area contributed by atoms with E-state index in [2.05, 4.69) is 37.3 Å². The van der Waals surface area contributed by atoms with E-state index in [4.69, 9.17) is 0 Å². The molecular formula is C16H18. The van der Waals surface area contributed by atoms with Gasteiger partial charge in [0.1, 0.15) is 0 Å². The first-order chi connectivity index (χ1) is 7.90. The van der Waals surface area contributed by atoms with Crippen LogP contribution in [0.25, 0.3) is 10.8 Å². The van der Waals surface area contributed by atoms with Crippen molar-refractivity contribution >= 4 is 10.8 Å². The van der Waals surface area contributed by atoms with Crippen LogP contribution in [0.2, 0.25) is 0 Å². The highest BCUT2D eigenvalue weighted by molar-refractivity contribution is 5.88. The van der Waals surface area contributed by atoms with Crippen LogP contribution in [0, 0.1) is 0 Å². The summed E-state index contributed by atoms with van der Waals surface area (Å²) in [6.45, 7) is 2.29. The maximum Gasteiger partial charge on any atom is -0.0149 e. The van der Waals surface area contributed by atoms with Crippen LogP contribution in [0.3, 0.4) is 0 Å². The van der Waals surface area contributed by atoms with E-state index in [-0.39, 0.29) is 0 Å². The molecule has 0 saturated carbocycles. The van der Waals surface area contributed by atoms with Gasteiger partial charge in [-0.05, 0) is 59.6 Å². The third kappa shape index (κ3) is 1.44. The zero-order valence-corrected chi connectivity index (χ0v) is 9.92. The van der Waals surface area contributed by atoms with Crippen LogP contribution >= 0.6 is 0 Å². The summed E-state index contributed by atoms with van der Waals surface area (Å²) in [5, 5.41) is 2.91. The van der Waals surface area contributed by atoms with E-state index < -0.39 is 0 Å². The van der Waals surface area contributed by atoms with Crippen molar-refractivity contribution in [2.24, 2.45) is 0 Å². The van der Waals surface area contributed by atoms with Crippen molar-refractivity contribution in [1.29, 1.82) is 0 Å². The zero-order chi connectivity index (χ0) is 11.0. The van der Waals surface area contributed by atoms with Gasteiger partial charge in [-0.15, -0.1) is 0 Å². The average Bonchev–Trinajstić information content (AvgIpc) is 2.36. The normalized spacial score (nSPS) is 15.1. The Kier molecular flexibility index (Phi) is 2.43. The smallest absolute Gasteiger partial charge is 0.0149 e. The lowest BCUT2D eigenvalue weighted by atomic mass is 9.84. The highest BCUT2D eigenvalue weighted by Gasteiger charge is 2.14. The van der Waals surface area contributed by atoms with Crippen molar-refractivity contribution in [3.8, 4) is 0 Å². The van der Waals surface area contributed by atoms with Gasteiger partial charge in [0, 0.05) is 0 Å². The van der Waals surface area contributed by atoms with Crippen molar-refractivity contribution in [3.05, 3.63) is 47.0 Å². The van der Waals surface area contributed by atoms with Crippen molar-refractivity contribution in [3.63, 3.8) is 0 Å². The van der Waals surface area contributed by atoms with E-state index in [1.807, 2.05) is 0 Å². The second-order valence-corrected chi connectivity index (χ2v) is 4.77. The number of hydrogen-bond donors (Lipinski definition) is 0. The first-order valence-corrected chi connectivity index (χ1v) is 6.42. The minimum absolute atomic E-state index is 1.17. The summed E-state index contributed by atoms with van der Waals surface area (Å²) < 4.78 is 0. The van der Waals surface area contributed by atoms with Gasteiger partial charge in [-0.1, -0.05) is 37.3 Å². The highest BCUT2D eigenvalue weighted by Crippen LogP contribution is 2.31. The fourth-order valence-corrected chi connectivity index (χ4v) is 3.08. The Labute approximate surface area is 97.3 Å². The fourth-order valence-electron chi connectivity index (χ4n) is 3.08. The number of aryl methyl sites for hydroxylation is 2. The first-order valence-electron chi connectivity index (χ1n) is 6.42. The topological polar surface area (TPSA) is 0 Å². The van der Waals surface area contributed by atoms with Crippen LogP contribution in [-0.4, -0.2) is 0 Å². The van der Waals surface area contributed by atoms with Gasteiger partial charge in [0.05, 0.1) is 0 Å². The van der Waals surface area contributed by atoms with Crippen molar-refractivity contribution in [2.75, 3.05) is 0 Å². The van der Waals surface area contributed by atoms with E-state index in [9.17, 15) is 0 Å². The van der Waals surface area contributed by atoms with Crippen molar-refractivity contribution in [2.45, 2.75) is 39.0 Å². The average molecular weight is 210 g/mol. The molecule has 0 saturated heterocycles. The summed E-state index contributed by atoms with van der Waals surface area (Å²) in [5.41, 5.74) is 4.88. The summed E-state index contributed by atoms with van der Waals surface area (Å²) >= 11 is 0. The summed E-state index contributed by atoms with van der Waals surface area (Å²) in [5.74, 6) is 0. The van der Waals surface area contributed by atoms with Crippen LogP contribution in [0.5, 0.6) is 0 Å². The molecule has 0 unspecified atom stereocenters. The fraction of sp³-hybridized carbons (Fsp3) is 0.375. The SMILES string of the molecule is CCc1c2c(cc3ccccc13)CCCC2. The lowest BCUT2D eigenvalue weighted by molar-refractivity contribution is 0.681. The highest BCUT2D eigenvalue weighted by atomic mass is 14.2. The molecule has 0 heteroatoms. The molecular weight excluding hydrogens is 192 g/mol. The van der Waals surface area contributed by atoms with Crippen LogP contribution < -0.4 is 0 Å². The monoisotopic (exact) mass is 210 g/mol. The second kappa shape index (κ2) is 3.93. The van der Waals surface area contributed by atoms with Gasteiger partial charge in [0.2, 0.25) is 0 Å². The van der Waals surface area contributed by atoms with Crippen LogP contribution in [-0.2, 0) is 19.3 Å². The molecule has 0 heterocycles. The molecule has 0 spiro atoms. The van der Waals surface area contributed by atoms with Gasteiger partial charge >= 0.3 is 0 Å². The third-order valence-corrected chi connectivity index (χ3v) is 3.84. The van der Waals surface area contributed by atoms with Crippen molar-refractivity contribution < 1.29 is 0 Å². The molecule has 1 aliphatic carbocycles. The Hall–Kier alpha value is -1.30. The molecule has 0 radical (unpaired) electrons. The maximum atomic E-state index is 2.42. The minimum Gasteiger partial charge on any atom is -0.0616 e. The molecule has 0 fully saturated rings. The molecule has 2 aromatic rings. The number of rotatable bonds is 1. The molecule has 3 rings (SSSR count). The number of fused-ring (bicyclic) bond motifs is 2. The lowest BCUT2D eigenvalue weighted by Gasteiger charge is -2.21. The van der Waals surface area contributed by atoms with Gasteiger partial charge in [-0.2, -0.15) is 0 Å². The van der Waals surface area contributed by atoms with E-state index in [1.54, 1.807) is 16.7 Å². The van der Waals surface area contributed by atoms with E-state index in [0.717, 1.165) is 0 Å². The van der Waals surface area contributed by atoms with Gasteiger partial charge in [0.25, 0.3) is 0 Å². The lowest BCUT2D eigenvalue weighted by Crippen LogP contribution is -2.06. The standard InChI is InChI=1S/C16H18/c1-2-14-15-9-5-3-7-12(15)11-13-8-4-6-10-16(13)14/h3,5,7,9,11H,2,4,6,8,10H2,1H3. The van der Waals surface area contributed by atoms with Crippen LogP contribution in [0.15, 0.2) is 30.3 Å². The summed E-state index contributed by atoms with van der Waals surface area (Å²) in [7, 11) is 0. The summed E-state index contributed by atoms with van der Waals surface area (Å²) in [4.78, 5) is 0. The van der Waals surface area contributed by atoms with Crippen molar-refractivity contribution in [1.82, 2.24) is 0 Å². The number of hydrogen-bond acceptors (Lipinski definition) is 0. The van der Waals surface area contributed by atoms with Gasteiger partial charge in [-0.3, -0.25) is 0 Å². The van der Waals surface area contributed by atoms with E-state index in [0.29, 0.717) is 0 Å². The Morgan fingerprint density at radius 2 is 1.88 bits per heavy atom. The molecule has 0 amide bonds. The van der Waals surface area contributed by atoms with E-state index >= 15 is 0 Å². The molecule has 0 nitrogen and oxygen atoms in total. The first kappa shape index (κ1) is 9.89. The second-order valence-electron chi connectivity index (χ2n) is 4.77. The van der Waals surface area contributed by atoms with Gasteiger partial charge in [0.15, 0.2) is 0 Å². The molecule has 16 heavy (non-hydrogen) atoms. The zero-order valence-electron chi connectivity index (χ0n) is 9.92. The maximum absolute atomic E-state index is 2.42. The Morgan fingerprint density at radius 1 is 1.06 bits per heavy atom. The molecule has 0 N–H and O–H groups in total. The minimum atomic E-state index is 1.17. The molecule has 82 valence electrons. The molecule has 0 aliphatic heterocycles. The predicted molar refractivity (Wildman–Crippen MR) is 70.0 cm³/mol. The Balaban J connectivity index is 2.35. The quantitative estimate of drug-likeness (QED) is 0.659. The Bertz CT molecular complexity index is 523. The molecule has 0 bridgehead atoms. The molecule has 2 aromatic carbocycles. The summed E-state index contributed by atoms with van der Waals surface area (Å²) in [6.07, 6.45) is 6.49.